The Labute approximate surface area is 109 Å². The van der Waals surface area contributed by atoms with E-state index in [0.717, 1.165) is 0 Å². The molecule has 1 aliphatic heterocycles. The molecule has 0 amide bonds. The second kappa shape index (κ2) is 4.41. The molecule has 0 atom stereocenters. The van der Waals surface area contributed by atoms with Crippen LogP contribution in [0.5, 0.6) is 11.5 Å². The van der Waals surface area contributed by atoms with E-state index in [1.54, 1.807) is 46.5 Å². The standard InChI is InChI=1S/C13H11N4O2/c18-12-5-1-3-10(7-12)16-9-14-15-17(16)11-4-2-6-13(19)8-11/h1-8,15,18-19H. The average Bonchev–Trinajstić information content (AvgIpc) is 2.88. The summed E-state index contributed by atoms with van der Waals surface area (Å²) in [6, 6.07) is 13.4. The fourth-order valence-corrected chi connectivity index (χ4v) is 1.80. The van der Waals surface area contributed by atoms with Crippen LogP contribution in [-0.4, -0.2) is 16.6 Å². The molecule has 0 saturated heterocycles. The van der Waals surface area contributed by atoms with Crippen molar-refractivity contribution in [3.63, 3.8) is 0 Å². The van der Waals surface area contributed by atoms with Crippen molar-refractivity contribution in [3.05, 3.63) is 48.5 Å². The van der Waals surface area contributed by atoms with Crippen LogP contribution in [0.25, 0.3) is 0 Å². The molecule has 0 spiro atoms. The van der Waals surface area contributed by atoms with Crippen molar-refractivity contribution in [2.75, 3.05) is 10.1 Å². The molecular formula is C13H11N4O2. The first-order valence-electron chi connectivity index (χ1n) is 5.63. The van der Waals surface area contributed by atoms with Crippen molar-refractivity contribution in [2.45, 2.75) is 0 Å². The number of phenols is 2. The van der Waals surface area contributed by atoms with E-state index >= 15 is 0 Å². The molecule has 0 fully saturated rings. The lowest BCUT2D eigenvalue weighted by atomic mass is 10.3. The number of hydrogen-bond acceptors (Lipinski definition) is 6. The van der Waals surface area contributed by atoms with Crippen molar-refractivity contribution in [1.82, 2.24) is 5.53 Å². The molecule has 95 valence electrons. The molecule has 0 unspecified atom stereocenters. The number of benzene rings is 2. The Morgan fingerprint density at radius 3 is 2.26 bits per heavy atom. The van der Waals surface area contributed by atoms with Gasteiger partial charge < -0.3 is 10.2 Å². The predicted octanol–water partition coefficient (Wildman–Crippen LogP) is 1.66. The molecule has 0 bridgehead atoms. The SMILES string of the molecule is Oc1cccc(N2[C]=NNN2c2cccc(O)c2)c1. The summed E-state index contributed by atoms with van der Waals surface area (Å²) >= 11 is 0. The van der Waals surface area contributed by atoms with Gasteiger partial charge in [0.25, 0.3) is 0 Å². The first kappa shape index (κ1) is 11.2. The second-order valence-corrected chi connectivity index (χ2v) is 3.98. The zero-order chi connectivity index (χ0) is 13.2. The highest BCUT2D eigenvalue weighted by Crippen LogP contribution is 2.26. The minimum absolute atomic E-state index is 0.155. The van der Waals surface area contributed by atoms with Gasteiger partial charge in [0.05, 0.1) is 11.4 Å². The molecule has 1 aliphatic rings. The largest absolute Gasteiger partial charge is 0.508 e. The molecule has 0 aliphatic carbocycles. The van der Waals surface area contributed by atoms with Gasteiger partial charge in [0.15, 0.2) is 0 Å². The lowest BCUT2D eigenvalue weighted by molar-refractivity contribution is 0.474. The molecule has 1 heterocycles. The van der Waals surface area contributed by atoms with E-state index in [2.05, 4.69) is 17.0 Å². The Balaban J connectivity index is 1.95. The normalized spacial score (nSPS) is 13.7. The quantitative estimate of drug-likeness (QED) is 0.761. The van der Waals surface area contributed by atoms with E-state index < -0.39 is 0 Å². The van der Waals surface area contributed by atoms with Gasteiger partial charge in [-0.15, -0.1) is 5.10 Å². The number of phenolic OH excluding ortho intramolecular Hbond substituents is 2. The number of rotatable bonds is 2. The number of aromatic hydroxyl groups is 2. The third-order valence-electron chi connectivity index (χ3n) is 2.64. The zero-order valence-electron chi connectivity index (χ0n) is 9.85. The summed E-state index contributed by atoms with van der Waals surface area (Å²) in [5.41, 5.74) is 4.13. The number of hydrogen-bond donors (Lipinski definition) is 3. The van der Waals surface area contributed by atoms with E-state index in [0.29, 0.717) is 11.4 Å². The lowest BCUT2D eigenvalue weighted by Gasteiger charge is -2.27. The maximum Gasteiger partial charge on any atom is 0.222 e. The summed E-state index contributed by atoms with van der Waals surface area (Å²) in [4.78, 5) is 0. The Morgan fingerprint density at radius 1 is 0.947 bits per heavy atom. The molecule has 19 heavy (non-hydrogen) atoms. The van der Waals surface area contributed by atoms with E-state index in [1.165, 1.54) is 0 Å². The molecule has 1 radical (unpaired) electrons. The molecule has 2 aromatic rings. The Morgan fingerprint density at radius 2 is 1.58 bits per heavy atom. The number of nitrogens with zero attached hydrogens (tertiary/aromatic N) is 3. The van der Waals surface area contributed by atoms with Gasteiger partial charge in [0.1, 0.15) is 11.5 Å². The van der Waals surface area contributed by atoms with Gasteiger partial charge in [-0.2, -0.15) is 10.7 Å². The van der Waals surface area contributed by atoms with Gasteiger partial charge in [-0.1, -0.05) is 12.1 Å². The predicted molar refractivity (Wildman–Crippen MR) is 71.7 cm³/mol. The minimum atomic E-state index is 0.155. The van der Waals surface area contributed by atoms with Crippen LogP contribution in [-0.2, 0) is 0 Å². The van der Waals surface area contributed by atoms with Gasteiger partial charge in [0.2, 0.25) is 6.34 Å². The molecule has 0 aromatic heterocycles. The molecule has 6 heteroatoms. The molecular weight excluding hydrogens is 244 g/mol. The smallest absolute Gasteiger partial charge is 0.222 e. The van der Waals surface area contributed by atoms with Crippen molar-refractivity contribution in [3.8, 4) is 11.5 Å². The molecule has 0 saturated carbocycles. The second-order valence-electron chi connectivity index (χ2n) is 3.98. The summed E-state index contributed by atoms with van der Waals surface area (Å²) < 4.78 is 0. The van der Waals surface area contributed by atoms with E-state index in [9.17, 15) is 10.2 Å². The maximum atomic E-state index is 9.51. The van der Waals surface area contributed by atoms with Crippen LogP contribution >= 0.6 is 0 Å². The fraction of sp³-hybridized carbons (Fsp3) is 0. The van der Waals surface area contributed by atoms with Crippen molar-refractivity contribution in [2.24, 2.45) is 5.10 Å². The van der Waals surface area contributed by atoms with E-state index in [-0.39, 0.29) is 11.5 Å². The van der Waals surface area contributed by atoms with Crippen LogP contribution in [0.4, 0.5) is 11.4 Å². The third-order valence-corrected chi connectivity index (χ3v) is 2.64. The van der Waals surface area contributed by atoms with E-state index in [4.69, 9.17) is 0 Å². The molecule has 3 N–H and O–H groups in total. The number of hydrazine groups is 2. The average molecular weight is 255 g/mol. The Hall–Kier alpha value is -2.89. The first-order valence-corrected chi connectivity index (χ1v) is 5.63. The molecule has 3 rings (SSSR count). The van der Waals surface area contributed by atoms with Gasteiger partial charge in [-0.25, -0.2) is 5.01 Å². The van der Waals surface area contributed by atoms with Crippen LogP contribution in [0.1, 0.15) is 0 Å². The van der Waals surface area contributed by atoms with Crippen molar-refractivity contribution in [1.29, 1.82) is 0 Å². The Bertz CT molecular complexity index is 630. The number of nitrogens with one attached hydrogen (secondary N) is 1. The highest BCUT2D eigenvalue weighted by atomic mass is 16.3. The van der Waals surface area contributed by atoms with E-state index in [1.807, 2.05) is 12.1 Å². The van der Waals surface area contributed by atoms with Gasteiger partial charge in [0, 0.05) is 12.1 Å². The minimum Gasteiger partial charge on any atom is -0.508 e. The Kier molecular flexibility index (Phi) is 2.60. The van der Waals surface area contributed by atoms with Crippen molar-refractivity contribution >= 4 is 17.7 Å². The van der Waals surface area contributed by atoms with Crippen LogP contribution in [0.2, 0.25) is 0 Å². The van der Waals surface area contributed by atoms with Gasteiger partial charge in [-0.3, -0.25) is 0 Å². The highest BCUT2D eigenvalue weighted by Gasteiger charge is 2.21. The fourth-order valence-electron chi connectivity index (χ4n) is 1.80. The summed E-state index contributed by atoms with van der Waals surface area (Å²) in [6.45, 7) is 0. The van der Waals surface area contributed by atoms with Crippen LogP contribution in [0.3, 0.4) is 0 Å². The van der Waals surface area contributed by atoms with Gasteiger partial charge in [-0.05, 0) is 24.3 Å². The highest BCUT2D eigenvalue weighted by molar-refractivity contribution is 5.85. The summed E-state index contributed by atoms with van der Waals surface area (Å²) in [5, 5.41) is 26.1. The van der Waals surface area contributed by atoms with Gasteiger partial charge >= 0.3 is 0 Å². The van der Waals surface area contributed by atoms with Crippen LogP contribution in [0.15, 0.2) is 53.6 Å². The summed E-state index contributed by atoms with van der Waals surface area (Å²) in [5.74, 6) is 0.309. The zero-order valence-corrected chi connectivity index (χ0v) is 9.85. The summed E-state index contributed by atoms with van der Waals surface area (Å²) in [7, 11) is 0. The monoisotopic (exact) mass is 255 g/mol. The number of anilines is 2. The first-order chi connectivity index (χ1) is 9.24. The topological polar surface area (TPSA) is 71.3 Å². The molecule has 2 aromatic carbocycles. The lowest BCUT2D eigenvalue weighted by Crippen LogP contribution is -2.43. The molecule has 6 nitrogen and oxygen atoms in total. The number of hydrazone groups is 1. The van der Waals surface area contributed by atoms with Crippen LogP contribution < -0.4 is 15.7 Å². The van der Waals surface area contributed by atoms with Crippen molar-refractivity contribution < 1.29 is 10.2 Å². The summed E-state index contributed by atoms with van der Waals surface area (Å²) in [6.07, 6.45) is 2.75. The van der Waals surface area contributed by atoms with Crippen LogP contribution in [0, 0.1) is 0 Å². The maximum absolute atomic E-state index is 9.51. The third kappa shape index (κ3) is 2.11.